The zero-order valence-corrected chi connectivity index (χ0v) is 17.4. The molecule has 12 heteroatoms. The number of rotatable bonds is 4. The predicted molar refractivity (Wildman–Crippen MR) is 105 cm³/mol. The van der Waals surface area contributed by atoms with Crippen molar-refractivity contribution >= 4 is 16.1 Å². The van der Waals surface area contributed by atoms with Gasteiger partial charge in [-0.25, -0.2) is 17.6 Å². The summed E-state index contributed by atoms with van der Waals surface area (Å²) in [5.74, 6) is -0.423. The van der Waals surface area contributed by atoms with Crippen LogP contribution in [0, 0.1) is 5.82 Å². The largest absolute Gasteiger partial charge is 0.433 e. The standard InChI is InChI=1S/C20H18F4N4O3S/c21-17-4-2-1-3-13(17)7-26-19(29)27-9-14-11-28(12-15(14)10-27)32(30,31)16-5-6-18(25-8-16)20(22,23)24/h1-6,8H,7,9-12H2,(H,26,29). The molecular formula is C20H18F4N4O3S. The molecule has 0 spiro atoms. The number of hydrogen-bond acceptors (Lipinski definition) is 4. The molecule has 1 N–H and O–H groups in total. The number of pyridine rings is 1. The van der Waals surface area contributed by atoms with Gasteiger partial charge in [0, 0.05) is 44.5 Å². The van der Waals surface area contributed by atoms with Gasteiger partial charge in [0.2, 0.25) is 10.0 Å². The molecule has 0 aliphatic carbocycles. The van der Waals surface area contributed by atoms with Gasteiger partial charge in [0.15, 0.2) is 0 Å². The van der Waals surface area contributed by atoms with Crippen LogP contribution in [0.4, 0.5) is 22.4 Å². The molecule has 1 aromatic carbocycles. The van der Waals surface area contributed by atoms with Crippen molar-refractivity contribution in [3.05, 3.63) is 70.8 Å². The Kier molecular flexibility index (Phi) is 5.67. The summed E-state index contributed by atoms with van der Waals surface area (Å²) in [7, 11) is -4.03. The summed E-state index contributed by atoms with van der Waals surface area (Å²) in [4.78, 5) is 16.8. The van der Waals surface area contributed by atoms with Gasteiger partial charge in [0.1, 0.15) is 16.4 Å². The number of carbonyl (C=O) groups is 1. The van der Waals surface area contributed by atoms with E-state index < -0.39 is 33.7 Å². The minimum absolute atomic E-state index is 0.0219. The SMILES string of the molecule is O=C(NCc1ccccc1F)N1CC2=C(C1)CN(S(=O)(=O)c1ccc(C(F)(F)F)nc1)C2. The molecule has 4 rings (SSSR count). The van der Waals surface area contributed by atoms with E-state index in [1.54, 1.807) is 18.2 Å². The van der Waals surface area contributed by atoms with Crippen LogP contribution in [-0.4, -0.2) is 54.8 Å². The number of aromatic nitrogens is 1. The molecule has 0 saturated carbocycles. The maximum Gasteiger partial charge on any atom is 0.433 e. The summed E-state index contributed by atoms with van der Waals surface area (Å²) < 4.78 is 78.4. The summed E-state index contributed by atoms with van der Waals surface area (Å²) in [6.07, 6.45) is -3.96. The third-order valence-electron chi connectivity index (χ3n) is 5.34. The third kappa shape index (κ3) is 4.32. The van der Waals surface area contributed by atoms with Gasteiger partial charge in [-0.15, -0.1) is 0 Å². The maximum atomic E-state index is 13.7. The fourth-order valence-electron chi connectivity index (χ4n) is 3.63. The molecule has 3 heterocycles. The molecule has 170 valence electrons. The van der Waals surface area contributed by atoms with Crippen molar-refractivity contribution in [2.45, 2.75) is 17.6 Å². The molecule has 32 heavy (non-hydrogen) atoms. The number of halogens is 4. The highest BCUT2D eigenvalue weighted by Gasteiger charge is 2.38. The molecule has 0 saturated heterocycles. The fourth-order valence-corrected chi connectivity index (χ4v) is 5.01. The highest BCUT2D eigenvalue weighted by molar-refractivity contribution is 7.89. The Bertz CT molecular complexity index is 1160. The van der Waals surface area contributed by atoms with E-state index in [2.05, 4.69) is 10.3 Å². The molecule has 0 radical (unpaired) electrons. The second kappa shape index (κ2) is 8.17. The van der Waals surface area contributed by atoms with E-state index in [0.717, 1.165) is 21.5 Å². The normalized spacial score (nSPS) is 17.1. The number of alkyl halides is 3. The van der Waals surface area contributed by atoms with E-state index in [1.165, 1.54) is 11.0 Å². The topological polar surface area (TPSA) is 82.6 Å². The number of nitrogens with one attached hydrogen (secondary N) is 1. The second-order valence-corrected chi connectivity index (χ2v) is 9.40. The van der Waals surface area contributed by atoms with Crippen LogP contribution < -0.4 is 5.32 Å². The first-order chi connectivity index (χ1) is 15.1. The molecular weight excluding hydrogens is 452 g/mol. The van der Waals surface area contributed by atoms with Crippen LogP contribution in [-0.2, 0) is 22.7 Å². The molecule has 0 atom stereocenters. The number of nitrogens with zero attached hydrogens (tertiary/aromatic N) is 3. The number of carbonyl (C=O) groups excluding carboxylic acids is 1. The minimum atomic E-state index is -4.66. The molecule has 0 unspecified atom stereocenters. The van der Waals surface area contributed by atoms with Crippen LogP contribution in [0.1, 0.15) is 11.3 Å². The van der Waals surface area contributed by atoms with E-state index in [0.29, 0.717) is 17.8 Å². The lowest BCUT2D eigenvalue weighted by Crippen LogP contribution is -2.41. The highest BCUT2D eigenvalue weighted by Crippen LogP contribution is 2.31. The van der Waals surface area contributed by atoms with Crippen molar-refractivity contribution in [1.29, 1.82) is 0 Å². The van der Waals surface area contributed by atoms with Gasteiger partial charge in [-0.1, -0.05) is 18.2 Å². The van der Waals surface area contributed by atoms with E-state index in [1.807, 2.05) is 0 Å². The minimum Gasteiger partial charge on any atom is -0.334 e. The Hall–Kier alpha value is -2.99. The first kappa shape index (κ1) is 22.2. The van der Waals surface area contributed by atoms with Crippen molar-refractivity contribution in [3.63, 3.8) is 0 Å². The van der Waals surface area contributed by atoms with Gasteiger partial charge in [0.25, 0.3) is 0 Å². The Labute approximate surface area is 181 Å². The zero-order chi connectivity index (χ0) is 23.1. The smallest absolute Gasteiger partial charge is 0.334 e. The predicted octanol–water partition coefficient (Wildman–Crippen LogP) is 2.77. The first-order valence-electron chi connectivity index (χ1n) is 9.55. The molecule has 0 fully saturated rings. The van der Waals surface area contributed by atoms with Crippen LogP contribution in [0.3, 0.4) is 0 Å². The number of hydrogen-bond donors (Lipinski definition) is 1. The lowest BCUT2D eigenvalue weighted by Gasteiger charge is -2.23. The van der Waals surface area contributed by atoms with Crippen LogP contribution in [0.5, 0.6) is 0 Å². The summed E-state index contributed by atoms with van der Waals surface area (Å²) >= 11 is 0. The molecule has 2 amide bonds. The lowest BCUT2D eigenvalue weighted by molar-refractivity contribution is -0.141. The Balaban J connectivity index is 1.35. The third-order valence-corrected chi connectivity index (χ3v) is 7.11. The lowest BCUT2D eigenvalue weighted by atomic mass is 10.2. The molecule has 1 aromatic heterocycles. The van der Waals surface area contributed by atoms with Crippen molar-refractivity contribution in [2.24, 2.45) is 0 Å². The Morgan fingerprint density at radius 1 is 1.03 bits per heavy atom. The van der Waals surface area contributed by atoms with Gasteiger partial charge in [0.05, 0.1) is 0 Å². The fraction of sp³-hybridized carbons (Fsp3) is 0.300. The number of amides is 2. The molecule has 0 bridgehead atoms. The van der Waals surface area contributed by atoms with Crippen molar-refractivity contribution in [2.75, 3.05) is 26.2 Å². The van der Waals surface area contributed by atoms with Crippen molar-refractivity contribution < 1.29 is 30.8 Å². The van der Waals surface area contributed by atoms with Gasteiger partial charge < -0.3 is 10.2 Å². The molecule has 2 aromatic rings. The quantitative estimate of drug-likeness (QED) is 0.551. The number of sulfonamides is 1. The van der Waals surface area contributed by atoms with Crippen molar-refractivity contribution in [3.8, 4) is 0 Å². The van der Waals surface area contributed by atoms with Crippen LogP contribution in [0.15, 0.2) is 58.6 Å². The summed E-state index contributed by atoms with van der Waals surface area (Å²) in [5, 5.41) is 2.64. The number of benzene rings is 1. The monoisotopic (exact) mass is 470 g/mol. The van der Waals surface area contributed by atoms with E-state index in [-0.39, 0.29) is 37.6 Å². The van der Waals surface area contributed by atoms with Gasteiger partial charge in [-0.05, 0) is 29.3 Å². The Morgan fingerprint density at radius 3 is 2.25 bits per heavy atom. The van der Waals surface area contributed by atoms with Gasteiger partial charge in [-0.3, -0.25) is 4.98 Å². The maximum absolute atomic E-state index is 13.7. The van der Waals surface area contributed by atoms with Crippen LogP contribution >= 0.6 is 0 Å². The first-order valence-corrected chi connectivity index (χ1v) is 11.0. The molecule has 7 nitrogen and oxygen atoms in total. The average Bonchev–Trinajstić information content (AvgIpc) is 3.32. The summed E-state index contributed by atoms with van der Waals surface area (Å²) in [6, 6.07) is 7.20. The van der Waals surface area contributed by atoms with Gasteiger partial charge >= 0.3 is 12.2 Å². The summed E-state index contributed by atoms with van der Waals surface area (Å²) in [5.41, 5.74) is 0.697. The number of urea groups is 1. The zero-order valence-electron chi connectivity index (χ0n) is 16.6. The van der Waals surface area contributed by atoms with E-state index in [9.17, 15) is 30.8 Å². The summed E-state index contributed by atoms with van der Waals surface area (Å²) in [6.45, 7) is 0.533. The van der Waals surface area contributed by atoms with Crippen molar-refractivity contribution in [1.82, 2.24) is 19.5 Å². The molecule has 2 aliphatic heterocycles. The van der Waals surface area contributed by atoms with Crippen LogP contribution in [0.25, 0.3) is 0 Å². The van der Waals surface area contributed by atoms with Crippen LogP contribution in [0.2, 0.25) is 0 Å². The average molecular weight is 470 g/mol. The van der Waals surface area contributed by atoms with E-state index >= 15 is 0 Å². The van der Waals surface area contributed by atoms with E-state index in [4.69, 9.17) is 0 Å². The highest BCUT2D eigenvalue weighted by atomic mass is 32.2. The van der Waals surface area contributed by atoms with Gasteiger partial charge in [-0.2, -0.15) is 17.5 Å². The Morgan fingerprint density at radius 2 is 1.69 bits per heavy atom. The molecule has 2 aliphatic rings. The second-order valence-electron chi connectivity index (χ2n) is 7.46.